The third-order valence-electron chi connectivity index (χ3n) is 5.70. The van der Waals surface area contributed by atoms with Crippen molar-refractivity contribution in [2.24, 2.45) is 11.3 Å². The van der Waals surface area contributed by atoms with Crippen molar-refractivity contribution in [3.05, 3.63) is 31.0 Å². The van der Waals surface area contributed by atoms with Gasteiger partial charge in [0.1, 0.15) is 12.0 Å². The Morgan fingerprint density at radius 2 is 2.16 bits per heavy atom. The summed E-state index contributed by atoms with van der Waals surface area (Å²) in [6.45, 7) is 5.51. The molecule has 3 heterocycles. The quantitative estimate of drug-likeness (QED) is 0.544. The molecule has 1 atom stereocenters. The highest BCUT2D eigenvalue weighted by Gasteiger charge is 2.27. The number of nitriles is 1. The van der Waals surface area contributed by atoms with Gasteiger partial charge in [-0.15, -0.1) is 0 Å². The summed E-state index contributed by atoms with van der Waals surface area (Å²) in [5, 5.41) is 14.7. The van der Waals surface area contributed by atoms with Crippen LogP contribution in [-0.2, 0) is 16.3 Å². The average molecular weight is 422 g/mol. The molecule has 0 amide bonds. The lowest BCUT2D eigenvalue weighted by atomic mass is 9.96. The topological polar surface area (TPSA) is 98.6 Å². The number of rotatable bonds is 6. The molecule has 0 unspecified atom stereocenters. The number of hydrogen-bond acceptors (Lipinski definition) is 6. The van der Waals surface area contributed by atoms with E-state index in [1.807, 2.05) is 39.2 Å². The average Bonchev–Trinajstić information content (AvgIpc) is 3.49. The molecule has 1 aliphatic carbocycles. The molecule has 0 radical (unpaired) electrons. The number of esters is 1. The van der Waals surface area contributed by atoms with Gasteiger partial charge in [-0.25, -0.2) is 9.97 Å². The second-order valence-electron chi connectivity index (χ2n) is 9.01. The van der Waals surface area contributed by atoms with Crippen LogP contribution in [0.5, 0.6) is 0 Å². The van der Waals surface area contributed by atoms with Crippen molar-refractivity contribution in [3.8, 4) is 17.3 Å². The lowest BCUT2D eigenvalue weighted by Crippen LogP contribution is -2.23. The molecule has 0 aromatic carbocycles. The van der Waals surface area contributed by atoms with E-state index in [4.69, 9.17) is 6.11 Å². The van der Waals surface area contributed by atoms with E-state index < -0.39 is 11.3 Å². The fourth-order valence-corrected chi connectivity index (χ4v) is 3.99. The van der Waals surface area contributed by atoms with Crippen LogP contribution < -0.4 is 0 Å². The maximum absolute atomic E-state index is 12.1. The molecule has 0 bridgehead atoms. The van der Waals surface area contributed by atoms with Crippen molar-refractivity contribution in [2.45, 2.75) is 65.6 Å². The number of carbonyl (C=O) groups excluding carboxylic acids is 1. The Morgan fingerprint density at radius 1 is 1.39 bits per heavy atom. The van der Waals surface area contributed by atoms with E-state index in [1.54, 1.807) is 15.4 Å². The molecule has 4 rings (SSSR count). The molecule has 8 nitrogen and oxygen atoms in total. The van der Waals surface area contributed by atoms with Crippen LogP contribution >= 0.6 is 0 Å². The first-order valence-corrected chi connectivity index (χ1v) is 10.6. The Labute approximate surface area is 183 Å². The largest absolute Gasteiger partial charge is 0.443 e. The highest BCUT2D eigenvalue weighted by molar-refractivity contribution is 5.90. The first-order chi connectivity index (χ1) is 15.2. The molecule has 1 fully saturated rings. The maximum Gasteiger partial charge on any atom is 0.312 e. The van der Waals surface area contributed by atoms with Crippen LogP contribution in [0.3, 0.4) is 0 Å². The summed E-state index contributed by atoms with van der Waals surface area (Å²) in [6.07, 6.45) is 10.7. The van der Waals surface area contributed by atoms with Gasteiger partial charge in [-0.05, 0) is 45.6 Å². The minimum Gasteiger partial charge on any atom is -0.443 e. The van der Waals surface area contributed by atoms with E-state index in [-0.39, 0.29) is 25.2 Å². The van der Waals surface area contributed by atoms with Gasteiger partial charge in [0.05, 0.1) is 35.8 Å². The highest BCUT2D eigenvalue weighted by Crippen LogP contribution is 2.36. The number of carbonyl (C=O) groups is 1. The van der Waals surface area contributed by atoms with Gasteiger partial charge in [-0.3, -0.25) is 14.0 Å². The molecule has 31 heavy (non-hydrogen) atoms. The summed E-state index contributed by atoms with van der Waals surface area (Å²) in [4.78, 5) is 21.0. The maximum atomic E-state index is 12.1. The molecule has 1 aliphatic rings. The lowest BCUT2D eigenvalue weighted by molar-refractivity contribution is -0.156. The highest BCUT2D eigenvalue weighted by atomic mass is 16.5. The number of ether oxygens (including phenoxy) is 1. The minimum absolute atomic E-state index is 0.0704. The monoisotopic (exact) mass is 421 g/mol. The molecule has 162 valence electrons. The Bertz CT molecular complexity index is 1160. The van der Waals surface area contributed by atoms with E-state index in [9.17, 15) is 10.1 Å². The zero-order valence-electron chi connectivity index (χ0n) is 19.2. The zero-order valence-corrected chi connectivity index (χ0v) is 18.2. The molecule has 1 saturated carbocycles. The Balaban J connectivity index is 1.62. The predicted molar refractivity (Wildman–Crippen MR) is 116 cm³/mol. The van der Waals surface area contributed by atoms with Crippen molar-refractivity contribution in [2.75, 3.05) is 0 Å². The smallest absolute Gasteiger partial charge is 0.312 e. The molecular formula is C23H28N6O2. The lowest BCUT2D eigenvalue weighted by Gasteiger charge is -2.21. The molecule has 3 aromatic rings. The number of nitrogens with zero attached hydrogens (tertiary/aromatic N) is 6. The Kier molecular flexibility index (Phi) is 5.41. The van der Waals surface area contributed by atoms with Gasteiger partial charge in [0.25, 0.3) is 0 Å². The summed E-state index contributed by atoms with van der Waals surface area (Å²) in [5.74, 6) is -0.949. The second kappa shape index (κ2) is 8.50. The van der Waals surface area contributed by atoms with Gasteiger partial charge >= 0.3 is 5.97 Å². The Hall–Kier alpha value is -3.21. The van der Waals surface area contributed by atoms with Crippen molar-refractivity contribution in [1.29, 1.82) is 5.26 Å². The van der Waals surface area contributed by atoms with Crippen molar-refractivity contribution >= 4 is 17.0 Å². The molecule has 0 aliphatic heterocycles. The predicted octanol–water partition coefficient (Wildman–Crippen LogP) is 4.49. The van der Waals surface area contributed by atoms with Crippen LogP contribution in [-0.4, -0.2) is 30.3 Å². The van der Waals surface area contributed by atoms with E-state index in [2.05, 4.69) is 21.1 Å². The molecule has 8 heteroatoms. The van der Waals surface area contributed by atoms with Crippen LogP contribution in [0.15, 0.2) is 31.0 Å². The zero-order chi connectivity index (χ0) is 22.9. The summed E-state index contributed by atoms with van der Waals surface area (Å²) in [6, 6.07) is 3.83. The van der Waals surface area contributed by atoms with E-state index >= 15 is 0 Å². The summed E-state index contributed by atoms with van der Waals surface area (Å²) >= 11 is 0. The first-order valence-electron chi connectivity index (χ1n) is 11.1. The van der Waals surface area contributed by atoms with Gasteiger partial charge in [0.2, 0.25) is 0 Å². The van der Waals surface area contributed by atoms with Crippen molar-refractivity contribution in [1.82, 2.24) is 24.3 Å². The molecule has 3 aromatic heterocycles. The Morgan fingerprint density at radius 3 is 2.87 bits per heavy atom. The fraction of sp³-hybridized carbons (Fsp3) is 0.522. The molecule has 0 N–H and O–H groups in total. The van der Waals surface area contributed by atoms with Gasteiger partial charge in [-0.1, -0.05) is 12.8 Å². The normalized spacial score (nSPS) is 17.3. The van der Waals surface area contributed by atoms with Crippen LogP contribution in [0.1, 0.15) is 60.3 Å². The standard InChI is InChI=1S/C23H28N6O2/c1-23(2,3)22(30)31-15-28-11-9-18-20(25-14-26-21(18)28)17-12-27-29(13-17)19(8-10-24)16-6-4-5-7-16/h9,11-14,16,19H,4-8,15H2,1-3H3/t19-/m1/s1/i16D. The summed E-state index contributed by atoms with van der Waals surface area (Å²) < 4.78 is 17.8. The van der Waals surface area contributed by atoms with Gasteiger partial charge in [-0.2, -0.15) is 10.4 Å². The number of hydrogen-bond donors (Lipinski definition) is 0. The fourth-order valence-electron chi connectivity index (χ4n) is 3.99. The van der Waals surface area contributed by atoms with Crippen LogP contribution in [0.25, 0.3) is 22.3 Å². The van der Waals surface area contributed by atoms with E-state index in [0.717, 1.165) is 36.6 Å². The second-order valence-corrected chi connectivity index (χ2v) is 9.01. The number of aromatic nitrogens is 5. The van der Waals surface area contributed by atoms with Crippen LogP contribution in [0.4, 0.5) is 0 Å². The SMILES string of the molecule is [2H]C1([C@@H](CC#N)n2cc(-c3ncnc4c3ccn4COC(=O)C(C)(C)C)cn2)CCCC1. The van der Waals surface area contributed by atoms with Crippen molar-refractivity contribution < 1.29 is 10.9 Å². The third-order valence-corrected chi connectivity index (χ3v) is 5.70. The summed E-state index contributed by atoms with van der Waals surface area (Å²) in [7, 11) is 0. The van der Waals surface area contributed by atoms with Gasteiger partial charge in [0.15, 0.2) is 6.73 Å². The molecule has 0 saturated heterocycles. The van der Waals surface area contributed by atoms with Gasteiger partial charge in [0, 0.05) is 24.7 Å². The number of fused-ring (bicyclic) bond motifs is 1. The van der Waals surface area contributed by atoms with E-state index in [1.165, 1.54) is 6.33 Å². The summed E-state index contributed by atoms with van der Waals surface area (Å²) in [5.41, 5.74) is 1.59. The third kappa shape index (κ3) is 4.31. The molecule has 0 spiro atoms. The van der Waals surface area contributed by atoms with Gasteiger partial charge < -0.3 is 4.74 Å². The van der Waals surface area contributed by atoms with Crippen LogP contribution in [0, 0.1) is 22.6 Å². The van der Waals surface area contributed by atoms with E-state index in [0.29, 0.717) is 11.3 Å². The van der Waals surface area contributed by atoms with Crippen LogP contribution in [0.2, 0.25) is 0 Å². The van der Waals surface area contributed by atoms with Crippen molar-refractivity contribution in [3.63, 3.8) is 0 Å². The molecular weight excluding hydrogens is 392 g/mol. The minimum atomic E-state index is -0.666. The first kappa shape index (κ1) is 19.7.